The minimum atomic E-state index is -1.30. The lowest BCUT2D eigenvalue weighted by molar-refractivity contribution is -0.114. The fourth-order valence-electron chi connectivity index (χ4n) is 4.00. The summed E-state index contributed by atoms with van der Waals surface area (Å²) >= 11 is 6.17. The lowest BCUT2D eigenvalue weighted by atomic mass is 10.1. The molecule has 0 unspecified atom stereocenters. The average molecular weight is 539 g/mol. The number of halogens is 4. The lowest BCUT2D eigenvalue weighted by Crippen LogP contribution is -2.11. The molecule has 192 valence electrons. The van der Waals surface area contributed by atoms with E-state index in [1.807, 2.05) is 0 Å². The molecular formula is C25H18ClF3N8O. The minimum absolute atomic E-state index is 0.00895. The van der Waals surface area contributed by atoms with E-state index in [9.17, 15) is 18.0 Å². The van der Waals surface area contributed by atoms with Crippen LogP contribution in [-0.4, -0.2) is 30.6 Å². The molecule has 5 N–H and O–H groups in total. The summed E-state index contributed by atoms with van der Waals surface area (Å²) in [5, 5.41) is 7.80. The van der Waals surface area contributed by atoms with Crippen LogP contribution in [0.1, 0.15) is 18.2 Å². The number of aromatic nitrogens is 5. The number of carbonyl (C=O) groups excluding carboxylic acids is 1. The predicted molar refractivity (Wildman–Crippen MR) is 137 cm³/mol. The van der Waals surface area contributed by atoms with Gasteiger partial charge >= 0.3 is 0 Å². The Labute approximate surface area is 218 Å². The minimum Gasteiger partial charge on any atom is -0.383 e. The Morgan fingerprint density at radius 1 is 1.03 bits per heavy atom. The number of carbonyl (C=O) groups is 1. The Morgan fingerprint density at radius 3 is 2.39 bits per heavy atom. The van der Waals surface area contributed by atoms with E-state index in [0.29, 0.717) is 38.9 Å². The standard InChI is InChI=1S/C25H18ClF3N8O/c1-11(38)33-20-7-2-12(10-32-20)21-23(30)34-25(35-24(21)31)37-19-6-3-13(26)8-15(19)18(36-37)9-14-16(27)4-5-17(28)22(14)29/h2-8,10H,9H2,1H3,(H,32,33,38)(H4,30,31,34,35). The van der Waals surface area contributed by atoms with Crippen molar-refractivity contribution in [2.75, 3.05) is 16.8 Å². The first-order chi connectivity index (χ1) is 18.1. The maximum absolute atomic E-state index is 14.4. The predicted octanol–water partition coefficient (Wildman–Crippen LogP) is 4.66. The number of nitrogens with two attached hydrogens (primary N) is 2. The van der Waals surface area contributed by atoms with E-state index in [2.05, 4.69) is 25.4 Å². The van der Waals surface area contributed by atoms with Crippen LogP contribution in [0.25, 0.3) is 28.0 Å². The van der Waals surface area contributed by atoms with Crippen LogP contribution in [0.3, 0.4) is 0 Å². The van der Waals surface area contributed by atoms with Gasteiger partial charge < -0.3 is 16.8 Å². The maximum atomic E-state index is 14.4. The quantitative estimate of drug-likeness (QED) is 0.277. The van der Waals surface area contributed by atoms with Crippen LogP contribution in [-0.2, 0) is 11.2 Å². The fraction of sp³-hybridized carbons (Fsp3) is 0.0800. The summed E-state index contributed by atoms with van der Waals surface area (Å²) in [6, 6.07) is 9.57. The van der Waals surface area contributed by atoms with Crippen LogP contribution in [0, 0.1) is 17.5 Å². The summed E-state index contributed by atoms with van der Waals surface area (Å²) in [7, 11) is 0. The number of amides is 1. The highest BCUT2D eigenvalue weighted by Crippen LogP contribution is 2.32. The fourth-order valence-corrected chi connectivity index (χ4v) is 4.18. The van der Waals surface area contributed by atoms with Crippen molar-refractivity contribution < 1.29 is 18.0 Å². The van der Waals surface area contributed by atoms with Gasteiger partial charge in [-0.15, -0.1) is 0 Å². The van der Waals surface area contributed by atoms with Gasteiger partial charge in [0.05, 0.1) is 16.8 Å². The summed E-state index contributed by atoms with van der Waals surface area (Å²) in [4.78, 5) is 24.1. The van der Waals surface area contributed by atoms with E-state index >= 15 is 0 Å². The second-order valence-corrected chi connectivity index (χ2v) is 8.74. The van der Waals surface area contributed by atoms with Crippen LogP contribution >= 0.6 is 11.6 Å². The van der Waals surface area contributed by atoms with Crippen molar-refractivity contribution >= 4 is 45.9 Å². The van der Waals surface area contributed by atoms with E-state index in [1.165, 1.54) is 17.8 Å². The number of hydrogen-bond acceptors (Lipinski definition) is 7. The van der Waals surface area contributed by atoms with Crippen LogP contribution in [0.2, 0.25) is 5.02 Å². The van der Waals surface area contributed by atoms with Gasteiger partial charge in [0.2, 0.25) is 5.91 Å². The third-order valence-corrected chi connectivity index (χ3v) is 5.94. The van der Waals surface area contributed by atoms with Crippen LogP contribution in [0.4, 0.5) is 30.6 Å². The average Bonchev–Trinajstić information content (AvgIpc) is 3.22. The molecule has 2 aromatic carbocycles. The molecule has 1 amide bonds. The van der Waals surface area contributed by atoms with E-state index in [4.69, 9.17) is 23.1 Å². The van der Waals surface area contributed by atoms with E-state index in [0.717, 1.165) is 6.07 Å². The lowest BCUT2D eigenvalue weighted by Gasteiger charge is -2.11. The normalized spacial score (nSPS) is 11.2. The Bertz CT molecular complexity index is 1700. The number of nitrogens with zero attached hydrogens (tertiary/aromatic N) is 5. The van der Waals surface area contributed by atoms with Crippen molar-refractivity contribution in [1.29, 1.82) is 0 Å². The van der Waals surface area contributed by atoms with Crippen molar-refractivity contribution in [2.24, 2.45) is 0 Å². The zero-order valence-electron chi connectivity index (χ0n) is 19.6. The third-order valence-electron chi connectivity index (χ3n) is 5.70. The van der Waals surface area contributed by atoms with Gasteiger partial charge in [-0.25, -0.2) is 18.2 Å². The molecule has 5 rings (SSSR count). The van der Waals surface area contributed by atoms with Gasteiger partial charge in [-0.2, -0.15) is 19.7 Å². The van der Waals surface area contributed by atoms with Crippen LogP contribution in [0.15, 0.2) is 48.7 Å². The number of rotatable bonds is 5. The number of benzene rings is 2. The first-order valence-corrected chi connectivity index (χ1v) is 11.5. The van der Waals surface area contributed by atoms with Gasteiger partial charge in [-0.1, -0.05) is 11.6 Å². The molecule has 38 heavy (non-hydrogen) atoms. The molecule has 13 heteroatoms. The second kappa shape index (κ2) is 9.63. The number of fused-ring (bicyclic) bond motifs is 1. The number of anilines is 3. The molecule has 9 nitrogen and oxygen atoms in total. The van der Waals surface area contributed by atoms with Gasteiger partial charge in [-0.05, 0) is 42.5 Å². The topological polar surface area (TPSA) is 138 Å². The molecule has 3 aromatic heterocycles. The summed E-state index contributed by atoms with van der Waals surface area (Å²) in [5.41, 5.74) is 13.5. The van der Waals surface area contributed by atoms with E-state index < -0.39 is 23.0 Å². The second-order valence-electron chi connectivity index (χ2n) is 8.30. The first kappa shape index (κ1) is 25.0. The maximum Gasteiger partial charge on any atom is 0.255 e. The molecule has 0 atom stereocenters. The molecule has 0 saturated carbocycles. The SMILES string of the molecule is CC(=O)Nc1ccc(-c2c(N)nc(-n3nc(Cc4c(F)ccc(F)c4F)c4cc(Cl)ccc43)nc2N)cn1. The smallest absolute Gasteiger partial charge is 0.255 e. The van der Waals surface area contributed by atoms with Crippen LogP contribution in [0.5, 0.6) is 0 Å². The first-order valence-electron chi connectivity index (χ1n) is 11.1. The van der Waals surface area contributed by atoms with E-state index in [1.54, 1.807) is 30.3 Å². The zero-order chi connectivity index (χ0) is 27.1. The van der Waals surface area contributed by atoms with Crippen molar-refractivity contribution in [3.8, 4) is 17.1 Å². The number of nitrogen functional groups attached to an aromatic ring is 2. The summed E-state index contributed by atoms with van der Waals surface area (Å²) in [6.45, 7) is 1.36. The molecule has 0 aliphatic rings. The molecule has 0 spiro atoms. The van der Waals surface area contributed by atoms with Crippen LogP contribution < -0.4 is 16.8 Å². The van der Waals surface area contributed by atoms with Gasteiger partial charge in [0.15, 0.2) is 11.6 Å². The summed E-state index contributed by atoms with van der Waals surface area (Å²) in [6.07, 6.45) is 1.09. The van der Waals surface area contributed by atoms with E-state index in [-0.39, 0.29) is 35.6 Å². The largest absolute Gasteiger partial charge is 0.383 e. The van der Waals surface area contributed by atoms with Crippen molar-refractivity contribution in [2.45, 2.75) is 13.3 Å². The third kappa shape index (κ3) is 4.57. The molecule has 0 radical (unpaired) electrons. The number of pyridine rings is 1. The highest BCUT2D eigenvalue weighted by Gasteiger charge is 2.21. The summed E-state index contributed by atoms with van der Waals surface area (Å²) in [5.74, 6) is -3.30. The number of nitrogens with one attached hydrogen (secondary N) is 1. The molecule has 5 aromatic rings. The Balaban J connectivity index is 1.59. The van der Waals surface area contributed by atoms with Gasteiger partial charge in [0.1, 0.15) is 23.3 Å². The highest BCUT2D eigenvalue weighted by molar-refractivity contribution is 6.31. The monoisotopic (exact) mass is 538 g/mol. The van der Waals surface area contributed by atoms with Gasteiger partial charge in [-0.3, -0.25) is 4.79 Å². The molecule has 0 fully saturated rings. The molecule has 0 aliphatic carbocycles. The molecule has 3 heterocycles. The Hall–Kier alpha value is -4.71. The molecule has 0 saturated heterocycles. The highest BCUT2D eigenvalue weighted by atomic mass is 35.5. The molecule has 0 aliphatic heterocycles. The summed E-state index contributed by atoms with van der Waals surface area (Å²) < 4.78 is 43.9. The van der Waals surface area contributed by atoms with Crippen molar-refractivity contribution in [1.82, 2.24) is 24.7 Å². The van der Waals surface area contributed by atoms with Gasteiger partial charge in [0.25, 0.3) is 5.95 Å². The van der Waals surface area contributed by atoms with Crippen molar-refractivity contribution in [3.05, 3.63) is 82.4 Å². The molecular weight excluding hydrogens is 521 g/mol. The van der Waals surface area contributed by atoms with Crippen molar-refractivity contribution in [3.63, 3.8) is 0 Å². The Kier molecular flexibility index (Phi) is 6.33. The number of hydrogen-bond donors (Lipinski definition) is 3. The Morgan fingerprint density at radius 2 is 1.74 bits per heavy atom. The molecule has 0 bridgehead atoms. The zero-order valence-corrected chi connectivity index (χ0v) is 20.4. The van der Waals surface area contributed by atoms with Gasteiger partial charge in [0, 0.05) is 41.1 Å².